The fourth-order valence-corrected chi connectivity index (χ4v) is 4.11. The molecular weight excluding hydrogens is 497 g/mol. The lowest BCUT2D eigenvalue weighted by atomic mass is 10.1. The van der Waals surface area contributed by atoms with Gasteiger partial charge in [-0.3, -0.25) is 4.99 Å². The van der Waals surface area contributed by atoms with E-state index in [1.165, 1.54) is 5.69 Å². The van der Waals surface area contributed by atoms with Crippen molar-refractivity contribution in [1.82, 2.24) is 15.2 Å². The second-order valence-electron chi connectivity index (χ2n) is 7.21. The molecule has 0 saturated carbocycles. The number of guanidine groups is 1. The molecule has 8 heteroatoms. The molecule has 160 valence electrons. The molecule has 0 spiro atoms. The molecule has 3 rings (SSSR count). The van der Waals surface area contributed by atoms with Crippen molar-refractivity contribution in [2.24, 2.45) is 10.9 Å². The summed E-state index contributed by atoms with van der Waals surface area (Å²) in [4.78, 5) is 14.1. The minimum absolute atomic E-state index is 0. The van der Waals surface area contributed by atoms with Gasteiger partial charge in [0.2, 0.25) is 0 Å². The molecule has 0 aliphatic carbocycles. The molecular formula is C21H32IN5OS. The van der Waals surface area contributed by atoms with Gasteiger partial charge in [-0.05, 0) is 38.3 Å². The third kappa shape index (κ3) is 6.74. The lowest BCUT2D eigenvalue weighted by Gasteiger charge is -2.22. The lowest BCUT2D eigenvalue weighted by Crippen LogP contribution is -2.39. The first kappa shape index (κ1) is 23.7. The van der Waals surface area contributed by atoms with E-state index in [1.54, 1.807) is 18.4 Å². The maximum absolute atomic E-state index is 5.36. The molecule has 2 heterocycles. The van der Waals surface area contributed by atoms with Crippen LogP contribution in [-0.2, 0) is 6.54 Å². The highest BCUT2D eigenvalue weighted by molar-refractivity contribution is 14.0. The van der Waals surface area contributed by atoms with Gasteiger partial charge in [-0.25, -0.2) is 4.98 Å². The Morgan fingerprint density at radius 3 is 2.97 bits per heavy atom. The average Bonchev–Trinajstić information content (AvgIpc) is 3.34. The molecule has 1 saturated heterocycles. The first-order valence-electron chi connectivity index (χ1n) is 9.88. The number of methoxy groups -OCH3 is 1. The highest BCUT2D eigenvalue weighted by Crippen LogP contribution is 2.27. The van der Waals surface area contributed by atoms with Crippen molar-refractivity contribution in [2.45, 2.75) is 26.8 Å². The fraction of sp³-hybridized carbons (Fsp3) is 0.524. The van der Waals surface area contributed by atoms with Gasteiger partial charge in [0, 0.05) is 50.4 Å². The van der Waals surface area contributed by atoms with Gasteiger partial charge in [-0.15, -0.1) is 35.3 Å². The van der Waals surface area contributed by atoms with Crippen LogP contribution in [0.3, 0.4) is 0 Å². The van der Waals surface area contributed by atoms with Crippen molar-refractivity contribution < 1.29 is 4.74 Å². The maximum Gasteiger partial charge on any atom is 0.194 e. The smallest absolute Gasteiger partial charge is 0.194 e. The number of halogens is 1. The first-order valence-corrected chi connectivity index (χ1v) is 10.8. The van der Waals surface area contributed by atoms with E-state index >= 15 is 0 Å². The molecule has 6 nitrogen and oxygen atoms in total. The predicted molar refractivity (Wildman–Crippen MR) is 133 cm³/mol. The van der Waals surface area contributed by atoms with E-state index in [-0.39, 0.29) is 24.0 Å². The van der Waals surface area contributed by atoms with E-state index in [9.17, 15) is 0 Å². The summed E-state index contributed by atoms with van der Waals surface area (Å²) in [5.74, 6) is 2.43. The second kappa shape index (κ2) is 11.6. The molecule has 1 aromatic carbocycles. The van der Waals surface area contributed by atoms with Crippen LogP contribution in [0.5, 0.6) is 5.75 Å². The molecule has 2 aromatic rings. The zero-order valence-corrected chi connectivity index (χ0v) is 20.9. The molecule has 1 atom stereocenters. The van der Waals surface area contributed by atoms with Crippen LogP contribution in [-0.4, -0.2) is 56.2 Å². The zero-order chi connectivity index (χ0) is 19.9. The number of anilines is 1. The average molecular weight is 529 g/mol. The molecule has 29 heavy (non-hydrogen) atoms. The van der Waals surface area contributed by atoms with Crippen LogP contribution >= 0.6 is 35.3 Å². The summed E-state index contributed by atoms with van der Waals surface area (Å²) in [7, 11) is 3.79. The van der Waals surface area contributed by atoms with Crippen LogP contribution < -0.4 is 15.0 Å². The number of aromatic nitrogens is 1. The van der Waals surface area contributed by atoms with Gasteiger partial charge in [0.15, 0.2) is 5.96 Å². The van der Waals surface area contributed by atoms with E-state index in [0.29, 0.717) is 5.92 Å². The maximum atomic E-state index is 5.36. The van der Waals surface area contributed by atoms with E-state index in [1.807, 2.05) is 13.0 Å². The van der Waals surface area contributed by atoms with E-state index in [0.717, 1.165) is 61.6 Å². The van der Waals surface area contributed by atoms with Crippen molar-refractivity contribution in [1.29, 1.82) is 0 Å². The monoisotopic (exact) mass is 529 g/mol. The third-order valence-electron chi connectivity index (χ3n) is 4.97. The summed E-state index contributed by atoms with van der Waals surface area (Å²) in [5, 5.41) is 6.64. The molecule has 0 radical (unpaired) electrons. The number of nitrogens with one attached hydrogen (secondary N) is 1. The number of hydrogen-bond donors (Lipinski definition) is 1. The molecule has 1 unspecified atom stereocenters. The number of ether oxygens (including phenoxy) is 1. The predicted octanol–water partition coefficient (Wildman–Crippen LogP) is 4.00. The summed E-state index contributed by atoms with van der Waals surface area (Å²) in [5.41, 5.74) is 2.33. The van der Waals surface area contributed by atoms with Crippen LogP contribution in [0, 0.1) is 12.8 Å². The van der Waals surface area contributed by atoms with Crippen LogP contribution in [0.1, 0.15) is 24.0 Å². The Hall–Kier alpha value is -1.55. The summed E-state index contributed by atoms with van der Waals surface area (Å²) in [6, 6.07) is 8.31. The third-order valence-corrected chi connectivity index (χ3v) is 5.79. The molecule has 1 aliphatic rings. The SMILES string of the molecule is CCNC(=NCC1CCN(c2cccc(OC)c2)C1)N(C)Cc1csc(C)n1.I. The standard InChI is InChI=1S/C21H31N5OS.HI/c1-5-22-21(25(3)14-18-15-28-16(2)24-18)23-12-17-9-10-26(13-17)19-7-6-8-20(11-19)27-4;/h6-8,11,15,17H,5,9-10,12-14H2,1-4H3,(H,22,23);1H. The number of rotatable bonds is 7. The van der Waals surface area contributed by atoms with Gasteiger partial charge in [-0.1, -0.05) is 6.07 Å². The highest BCUT2D eigenvalue weighted by atomic mass is 127. The Bertz CT molecular complexity index is 797. The number of benzene rings is 1. The van der Waals surface area contributed by atoms with Crippen LogP contribution in [0.4, 0.5) is 5.69 Å². The summed E-state index contributed by atoms with van der Waals surface area (Å²) in [6.07, 6.45) is 1.16. The summed E-state index contributed by atoms with van der Waals surface area (Å²) < 4.78 is 5.36. The van der Waals surface area contributed by atoms with E-state index in [4.69, 9.17) is 9.73 Å². The van der Waals surface area contributed by atoms with Crippen LogP contribution in [0.25, 0.3) is 0 Å². The van der Waals surface area contributed by atoms with Crippen molar-refractivity contribution in [3.63, 3.8) is 0 Å². The van der Waals surface area contributed by atoms with Gasteiger partial charge in [-0.2, -0.15) is 0 Å². The van der Waals surface area contributed by atoms with Gasteiger partial charge < -0.3 is 19.9 Å². The highest BCUT2D eigenvalue weighted by Gasteiger charge is 2.23. The fourth-order valence-electron chi connectivity index (χ4n) is 3.51. The van der Waals surface area contributed by atoms with Crippen molar-refractivity contribution in [3.05, 3.63) is 40.3 Å². The van der Waals surface area contributed by atoms with E-state index in [2.05, 4.69) is 57.7 Å². The van der Waals surface area contributed by atoms with Gasteiger partial charge in [0.25, 0.3) is 0 Å². The van der Waals surface area contributed by atoms with Crippen molar-refractivity contribution in [2.75, 3.05) is 45.2 Å². The molecule has 1 N–H and O–H groups in total. The van der Waals surface area contributed by atoms with Gasteiger partial charge in [0.05, 0.1) is 24.4 Å². The van der Waals surface area contributed by atoms with E-state index < -0.39 is 0 Å². The number of nitrogens with zero attached hydrogens (tertiary/aromatic N) is 4. The minimum atomic E-state index is 0. The molecule has 1 aliphatic heterocycles. The summed E-state index contributed by atoms with van der Waals surface area (Å²) in [6.45, 7) is 8.72. The van der Waals surface area contributed by atoms with Crippen molar-refractivity contribution in [3.8, 4) is 5.75 Å². The van der Waals surface area contributed by atoms with Gasteiger partial charge in [0.1, 0.15) is 5.75 Å². The minimum Gasteiger partial charge on any atom is -0.497 e. The Kier molecular flexibility index (Phi) is 9.48. The second-order valence-corrected chi connectivity index (χ2v) is 8.27. The van der Waals surface area contributed by atoms with Crippen LogP contribution in [0.2, 0.25) is 0 Å². The lowest BCUT2D eigenvalue weighted by molar-refractivity contribution is 0.415. The normalized spacial score (nSPS) is 16.5. The first-order chi connectivity index (χ1) is 13.6. The Morgan fingerprint density at radius 2 is 2.28 bits per heavy atom. The largest absolute Gasteiger partial charge is 0.497 e. The van der Waals surface area contributed by atoms with Crippen molar-refractivity contribution >= 4 is 47.0 Å². The zero-order valence-electron chi connectivity index (χ0n) is 17.7. The number of thiazole rings is 1. The van der Waals surface area contributed by atoms with Gasteiger partial charge >= 0.3 is 0 Å². The molecule has 1 aromatic heterocycles. The number of aliphatic imine (C=N–C) groups is 1. The number of hydrogen-bond acceptors (Lipinski definition) is 5. The Balaban J connectivity index is 0.00000300. The molecule has 0 bridgehead atoms. The Labute approximate surface area is 195 Å². The van der Waals surface area contributed by atoms with Crippen LogP contribution in [0.15, 0.2) is 34.6 Å². The molecule has 0 amide bonds. The summed E-state index contributed by atoms with van der Waals surface area (Å²) >= 11 is 1.69. The quantitative estimate of drug-likeness (QED) is 0.334. The molecule has 1 fully saturated rings. The topological polar surface area (TPSA) is 53.0 Å². The number of aryl methyl sites for hydroxylation is 1. The Morgan fingerprint density at radius 1 is 1.45 bits per heavy atom.